The fraction of sp³-hybridized carbons (Fsp3) is 0.233. The van der Waals surface area contributed by atoms with Crippen molar-refractivity contribution in [3.05, 3.63) is 105 Å². The standard InChI is InChI=1S/C30H29N7O6S/c1-35-27(17-31-29(39)21-4-10-22(11-5-21)37(40)41)32-33-30(35)44-18-28(38)36-26(20-8-14-24(43-3)15-9-20)16-25(34-36)19-6-12-23(42-2)13-7-19/h4-15,26H,16-18H2,1-3H3,(H,31,39)/t26-/m0/s1. The maximum atomic E-state index is 13.6. The number of aromatic nitrogens is 3. The Bertz CT molecular complexity index is 1690. The van der Waals surface area contributed by atoms with E-state index in [9.17, 15) is 19.7 Å². The summed E-state index contributed by atoms with van der Waals surface area (Å²) in [7, 11) is 4.96. The van der Waals surface area contributed by atoms with Gasteiger partial charge in [0.25, 0.3) is 17.5 Å². The summed E-state index contributed by atoms with van der Waals surface area (Å²) in [5.41, 5.74) is 2.81. The lowest BCUT2D eigenvalue weighted by Gasteiger charge is -2.22. The Morgan fingerprint density at radius 2 is 1.61 bits per heavy atom. The first-order valence-corrected chi connectivity index (χ1v) is 14.5. The minimum absolute atomic E-state index is 0.0627. The van der Waals surface area contributed by atoms with Gasteiger partial charge in [0.15, 0.2) is 11.0 Å². The molecule has 0 saturated carbocycles. The summed E-state index contributed by atoms with van der Waals surface area (Å²) < 4.78 is 12.3. The van der Waals surface area contributed by atoms with Gasteiger partial charge in [-0.3, -0.25) is 19.7 Å². The molecule has 13 nitrogen and oxygen atoms in total. The number of methoxy groups -OCH3 is 2. The molecule has 2 heterocycles. The first-order chi connectivity index (χ1) is 21.3. The largest absolute Gasteiger partial charge is 0.497 e. The van der Waals surface area contributed by atoms with Gasteiger partial charge < -0.3 is 19.4 Å². The molecule has 3 aromatic carbocycles. The van der Waals surface area contributed by atoms with Crippen LogP contribution in [0.5, 0.6) is 11.5 Å². The van der Waals surface area contributed by atoms with E-state index < -0.39 is 10.8 Å². The molecule has 0 spiro atoms. The van der Waals surface area contributed by atoms with Crippen LogP contribution in [0.3, 0.4) is 0 Å². The lowest BCUT2D eigenvalue weighted by atomic mass is 9.98. The van der Waals surface area contributed by atoms with E-state index in [0.717, 1.165) is 28.3 Å². The normalized spacial score (nSPS) is 14.2. The lowest BCUT2D eigenvalue weighted by molar-refractivity contribution is -0.384. The topological polar surface area (TPSA) is 154 Å². The summed E-state index contributed by atoms with van der Waals surface area (Å²) in [6.45, 7) is 0.0784. The SMILES string of the molecule is COc1ccc(C2=NN(C(=O)CSc3nnc(CNC(=O)c4ccc([N+](=O)[O-])cc4)n3C)[C@H](c3ccc(OC)cc3)C2)cc1. The van der Waals surface area contributed by atoms with E-state index in [1.165, 1.54) is 41.0 Å². The van der Waals surface area contributed by atoms with Crippen LogP contribution in [0.25, 0.3) is 0 Å². The van der Waals surface area contributed by atoms with E-state index in [-0.39, 0.29) is 35.5 Å². The molecular formula is C30H29N7O6S. The van der Waals surface area contributed by atoms with Gasteiger partial charge in [-0.15, -0.1) is 10.2 Å². The molecule has 1 aliphatic heterocycles. The molecule has 0 fully saturated rings. The van der Waals surface area contributed by atoms with E-state index in [0.29, 0.717) is 17.4 Å². The molecule has 1 aromatic heterocycles. The molecule has 1 atom stereocenters. The number of nitrogens with zero attached hydrogens (tertiary/aromatic N) is 6. The smallest absolute Gasteiger partial charge is 0.269 e. The van der Waals surface area contributed by atoms with Crippen LogP contribution < -0.4 is 14.8 Å². The number of carbonyl (C=O) groups is 2. The van der Waals surface area contributed by atoms with Crippen molar-refractivity contribution in [2.45, 2.75) is 24.2 Å². The minimum atomic E-state index is -0.527. The van der Waals surface area contributed by atoms with Crippen molar-refractivity contribution in [2.75, 3.05) is 20.0 Å². The van der Waals surface area contributed by atoms with Crippen LogP contribution in [0.2, 0.25) is 0 Å². The van der Waals surface area contributed by atoms with Gasteiger partial charge in [0.1, 0.15) is 11.5 Å². The van der Waals surface area contributed by atoms with Crippen LogP contribution in [0, 0.1) is 10.1 Å². The molecule has 14 heteroatoms. The van der Waals surface area contributed by atoms with Crippen LogP contribution in [0.15, 0.2) is 83.1 Å². The quantitative estimate of drug-likeness (QED) is 0.149. The third-order valence-electron chi connectivity index (χ3n) is 7.09. The summed E-state index contributed by atoms with van der Waals surface area (Å²) >= 11 is 1.22. The first-order valence-electron chi connectivity index (χ1n) is 13.5. The highest BCUT2D eigenvalue weighted by molar-refractivity contribution is 7.99. The monoisotopic (exact) mass is 615 g/mol. The van der Waals surface area contributed by atoms with Crippen molar-refractivity contribution in [3.8, 4) is 11.5 Å². The second kappa shape index (κ2) is 13.4. The molecule has 0 aliphatic carbocycles. The van der Waals surface area contributed by atoms with Gasteiger partial charge in [0, 0.05) is 31.2 Å². The van der Waals surface area contributed by atoms with E-state index >= 15 is 0 Å². The highest BCUT2D eigenvalue weighted by atomic mass is 32.2. The Hall–Kier alpha value is -5.24. The lowest BCUT2D eigenvalue weighted by Crippen LogP contribution is -2.28. The average molecular weight is 616 g/mol. The molecule has 0 saturated heterocycles. The molecule has 2 amide bonds. The van der Waals surface area contributed by atoms with Gasteiger partial charge in [0.2, 0.25) is 0 Å². The zero-order valence-electron chi connectivity index (χ0n) is 24.2. The molecule has 1 N–H and O–H groups in total. The number of hydrogen-bond donors (Lipinski definition) is 1. The Balaban J connectivity index is 1.25. The van der Waals surface area contributed by atoms with Crippen molar-refractivity contribution >= 4 is 35.0 Å². The molecule has 0 radical (unpaired) electrons. The summed E-state index contributed by atoms with van der Waals surface area (Å²) in [4.78, 5) is 36.4. The average Bonchev–Trinajstić information content (AvgIpc) is 3.66. The highest BCUT2D eigenvalue weighted by Gasteiger charge is 2.33. The number of nitro groups is 1. The summed E-state index contributed by atoms with van der Waals surface area (Å²) in [6.07, 6.45) is 0.539. The van der Waals surface area contributed by atoms with Crippen LogP contribution in [0.4, 0.5) is 5.69 Å². The molecule has 5 rings (SSSR count). The zero-order chi connectivity index (χ0) is 31.2. The number of carbonyl (C=O) groups excluding carboxylic acids is 2. The second-order valence-electron chi connectivity index (χ2n) is 9.74. The van der Waals surface area contributed by atoms with Gasteiger partial charge in [-0.1, -0.05) is 23.9 Å². The van der Waals surface area contributed by atoms with Crippen molar-refractivity contribution in [1.82, 2.24) is 25.1 Å². The van der Waals surface area contributed by atoms with Crippen molar-refractivity contribution in [3.63, 3.8) is 0 Å². The van der Waals surface area contributed by atoms with Gasteiger partial charge in [-0.25, -0.2) is 5.01 Å². The highest BCUT2D eigenvalue weighted by Crippen LogP contribution is 2.34. The van der Waals surface area contributed by atoms with Gasteiger partial charge in [-0.05, 0) is 59.7 Å². The predicted octanol–water partition coefficient (Wildman–Crippen LogP) is 4.14. The van der Waals surface area contributed by atoms with Gasteiger partial charge >= 0.3 is 0 Å². The van der Waals surface area contributed by atoms with Crippen molar-refractivity contribution in [2.24, 2.45) is 12.1 Å². The number of hydrogen-bond acceptors (Lipinski definition) is 10. The Labute approximate surface area is 257 Å². The number of nitrogens with one attached hydrogen (secondary N) is 1. The summed E-state index contributed by atoms with van der Waals surface area (Å²) in [5.74, 6) is 1.39. The summed E-state index contributed by atoms with van der Waals surface area (Å²) in [6, 6.07) is 20.2. The number of amides is 2. The maximum Gasteiger partial charge on any atom is 0.269 e. The van der Waals surface area contributed by atoms with E-state index in [1.54, 1.807) is 25.8 Å². The number of thioether (sulfide) groups is 1. The van der Waals surface area contributed by atoms with E-state index in [1.807, 2.05) is 48.5 Å². The molecule has 226 valence electrons. The zero-order valence-corrected chi connectivity index (χ0v) is 25.0. The Morgan fingerprint density at radius 1 is 0.977 bits per heavy atom. The first kappa shape index (κ1) is 30.2. The van der Waals surface area contributed by atoms with Gasteiger partial charge in [-0.2, -0.15) is 5.10 Å². The molecular weight excluding hydrogens is 586 g/mol. The third kappa shape index (κ3) is 6.70. The number of ether oxygens (including phenoxy) is 2. The van der Waals surface area contributed by atoms with Crippen LogP contribution in [-0.2, 0) is 18.4 Å². The fourth-order valence-corrected chi connectivity index (χ4v) is 5.38. The number of hydrazone groups is 1. The van der Waals surface area contributed by atoms with Crippen LogP contribution >= 0.6 is 11.8 Å². The number of nitro benzene ring substituents is 1. The molecule has 4 aromatic rings. The number of rotatable bonds is 11. The van der Waals surface area contributed by atoms with Gasteiger partial charge in [0.05, 0.1) is 43.2 Å². The molecule has 0 bridgehead atoms. The number of non-ortho nitro benzene ring substituents is 1. The Kier molecular flexibility index (Phi) is 9.19. The molecule has 0 unspecified atom stereocenters. The third-order valence-corrected chi connectivity index (χ3v) is 8.09. The molecule has 1 aliphatic rings. The van der Waals surface area contributed by atoms with Crippen LogP contribution in [-0.4, -0.2) is 62.2 Å². The minimum Gasteiger partial charge on any atom is -0.497 e. The Morgan fingerprint density at radius 3 is 2.23 bits per heavy atom. The maximum absolute atomic E-state index is 13.6. The van der Waals surface area contributed by atoms with E-state index in [4.69, 9.17) is 14.6 Å². The molecule has 44 heavy (non-hydrogen) atoms. The van der Waals surface area contributed by atoms with Crippen molar-refractivity contribution in [1.29, 1.82) is 0 Å². The summed E-state index contributed by atoms with van der Waals surface area (Å²) in [5, 5.41) is 28.7. The number of benzene rings is 3. The van der Waals surface area contributed by atoms with Crippen molar-refractivity contribution < 1.29 is 24.0 Å². The second-order valence-corrected chi connectivity index (χ2v) is 10.7. The fourth-order valence-electron chi connectivity index (χ4n) is 4.60. The predicted molar refractivity (Wildman–Crippen MR) is 163 cm³/mol. The van der Waals surface area contributed by atoms with Crippen LogP contribution in [0.1, 0.15) is 39.8 Å². The van der Waals surface area contributed by atoms with E-state index in [2.05, 4.69) is 15.5 Å².